The molecule has 1 rings (SSSR count). The van der Waals surface area contributed by atoms with Crippen LogP contribution in [0, 0.1) is 17.8 Å². The van der Waals surface area contributed by atoms with E-state index in [0.29, 0.717) is 11.5 Å². The molecule has 1 unspecified atom stereocenters. The zero-order valence-corrected chi connectivity index (χ0v) is 9.54. The van der Waals surface area contributed by atoms with E-state index >= 15 is 0 Å². The fourth-order valence-electron chi connectivity index (χ4n) is 1.40. The third-order valence-electron chi connectivity index (χ3n) is 2.89. The Bertz CT molecular complexity index is 296. The summed E-state index contributed by atoms with van der Waals surface area (Å²) in [6.45, 7) is 9.94. The highest BCUT2D eigenvalue weighted by Gasteiger charge is 2.24. The van der Waals surface area contributed by atoms with Crippen LogP contribution in [0.4, 0.5) is 0 Å². The maximum absolute atomic E-state index is 5.32. The predicted octanol–water partition coefficient (Wildman–Crippen LogP) is 2.81. The molecule has 1 nitrogen and oxygen atoms in total. The Hall–Kier alpha value is -1.16. The van der Waals surface area contributed by atoms with E-state index < -0.39 is 0 Å². The van der Waals surface area contributed by atoms with E-state index in [4.69, 9.17) is 6.42 Å². The van der Waals surface area contributed by atoms with Crippen LogP contribution in [-0.4, -0.2) is 17.5 Å². The van der Waals surface area contributed by atoms with Crippen molar-refractivity contribution >= 4 is 0 Å². The molecule has 0 saturated carbocycles. The van der Waals surface area contributed by atoms with Gasteiger partial charge in [-0.3, -0.25) is 0 Å². The normalized spacial score (nSPS) is 18.8. The number of allylic oxidation sites excluding steroid dienone is 2. The topological polar surface area (TPSA) is 3.24 Å². The van der Waals surface area contributed by atoms with Gasteiger partial charge in [-0.2, -0.15) is 0 Å². The lowest BCUT2D eigenvalue weighted by atomic mass is 9.86. The minimum atomic E-state index is 0.297. The van der Waals surface area contributed by atoms with Crippen molar-refractivity contribution < 1.29 is 0 Å². The van der Waals surface area contributed by atoms with Gasteiger partial charge in [0.05, 0.1) is 0 Å². The van der Waals surface area contributed by atoms with Crippen LogP contribution in [0.2, 0.25) is 0 Å². The summed E-state index contributed by atoms with van der Waals surface area (Å²) in [6, 6.07) is 0.523. The number of nitrogens with zero attached hydrogens (tertiary/aromatic N) is 1. The third kappa shape index (κ3) is 2.42. The minimum absolute atomic E-state index is 0.297. The first-order valence-electron chi connectivity index (χ1n) is 5.06. The van der Waals surface area contributed by atoms with E-state index in [-0.39, 0.29) is 0 Å². The van der Waals surface area contributed by atoms with Crippen LogP contribution in [0.25, 0.3) is 0 Å². The molecular weight excluding hydrogens is 170 g/mol. The van der Waals surface area contributed by atoms with Gasteiger partial charge in [-0.25, -0.2) is 0 Å². The average molecular weight is 189 g/mol. The second kappa shape index (κ2) is 3.92. The van der Waals surface area contributed by atoms with E-state index in [1.165, 1.54) is 0 Å². The molecule has 1 atom stereocenters. The second-order valence-electron chi connectivity index (χ2n) is 4.86. The summed E-state index contributed by atoms with van der Waals surface area (Å²) in [5.74, 6) is 2.65. The summed E-state index contributed by atoms with van der Waals surface area (Å²) >= 11 is 0. The zero-order chi connectivity index (χ0) is 10.8. The molecule has 0 fully saturated rings. The maximum atomic E-state index is 5.32. The molecule has 14 heavy (non-hydrogen) atoms. The molecule has 0 aliphatic carbocycles. The summed E-state index contributed by atoms with van der Waals surface area (Å²) in [5.41, 5.74) is 1.29. The average Bonchev–Trinajstić information content (AvgIpc) is 2.15. The molecule has 1 heterocycles. The molecular formula is C13H19N. The standard InChI is InChI=1S/C13H19N/c1-6-12-7-9-14(10-8-12)11(2)13(3,4)5/h1,7-9,11H,10H2,2-5H3. The van der Waals surface area contributed by atoms with Crippen LogP contribution in [0.5, 0.6) is 0 Å². The van der Waals surface area contributed by atoms with Crippen molar-refractivity contribution in [2.45, 2.75) is 33.7 Å². The van der Waals surface area contributed by atoms with Crippen LogP contribution >= 0.6 is 0 Å². The number of hydrogen-bond acceptors (Lipinski definition) is 1. The number of terminal acetylenes is 1. The van der Waals surface area contributed by atoms with Gasteiger partial charge in [0, 0.05) is 24.4 Å². The van der Waals surface area contributed by atoms with Gasteiger partial charge in [-0.05, 0) is 24.5 Å². The Kier molecular flexibility index (Phi) is 3.06. The van der Waals surface area contributed by atoms with Crippen LogP contribution in [0.3, 0.4) is 0 Å². The first-order valence-corrected chi connectivity index (χ1v) is 5.06. The minimum Gasteiger partial charge on any atom is -0.370 e. The van der Waals surface area contributed by atoms with Gasteiger partial charge in [0.2, 0.25) is 0 Å². The van der Waals surface area contributed by atoms with Gasteiger partial charge >= 0.3 is 0 Å². The van der Waals surface area contributed by atoms with Crippen molar-refractivity contribution in [2.24, 2.45) is 5.41 Å². The molecule has 0 aromatic rings. The monoisotopic (exact) mass is 189 g/mol. The smallest absolute Gasteiger partial charge is 0.0372 e. The van der Waals surface area contributed by atoms with Gasteiger partial charge in [0.25, 0.3) is 0 Å². The molecule has 0 aromatic heterocycles. The van der Waals surface area contributed by atoms with E-state index in [9.17, 15) is 0 Å². The summed E-state index contributed by atoms with van der Waals surface area (Å²) < 4.78 is 0. The maximum Gasteiger partial charge on any atom is 0.0372 e. The highest BCUT2D eigenvalue weighted by atomic mass is 15.1. The molecule has 0 N–H and O–H groups in total. The van der Waals surface area contributed by atoms with Crippen molar-refractivity contribution in [3.63, 3.8) is 0 Å². The molecule has 0 spiro atoms. The lowest BCUT2D eigenvalue weighted by molar-refractivity contribution is 0.173. The van der Waals surface area contributed by atoms with Gasteiger partial charge in [0.15, 0.2) is 0 Å². The van der Waals surface area contributed by atoms with Crippen molar-refractivity contribution in [3.05, 3.63) is 23.9 Å². The quantitative estimate of drug-likeness (QED) is 0.573. The van der Waals surface area contributed by atoms with E-state index in [2.05, 4.69) is 50.8 Å². The Labute approximate surface area is 87.5 Å². The Morgan fingerprint density at radius 1 is 1.50 bits per heavy atom. The summed E-state index contributed by atoms with van der Waals surface area (Å²) in [6.07, 6.45) is 11.5. The van der Waals surface area contributed by atoms with Gasteiger partial charge in [-0.15, -0.1) is 6.42 Å². The molecule has 0 saturated heterocycles. The summed E-state index contributed by atoms with van der Waals surface area (Å²) in [7, 11) is 0. The zero-order valence-electron chi connectivity index (χ0n) is 9.54. The van der Waals surface area contributed by atoms with Crippen molar-refractivity contribution in [1.29, 1.82) is 0 Å². The molecule has 0 aromatic carbocycles. The lowest BCUT2D eigenvalue weighted by Gasteiger charge is -2.37. The van der Waals surface area contributed by atoms with Crippen molar-refractivity contribution in [3.8, 4) is 12.3 Å². The van der Waals surface area contributed by atoms with Crippen LogP contribution < -0.4 is 0 Å². The molecule has 0 bridgehead atoms. The first-order chi connectivity index (χ1) is 6.45. The fourth-order valence-corrected chi connectivity index (χ4v) is 1.40. The first kappa shape index (κ1) is 10.9. The van der Waals surface area contributed by atoms with E-state index in [1.54, 1.807) is 0 Å². The fraction of sp³-hybridized carbons (Fsp3) is 0.538. The molecule has 1 heteroatoms. The van der Waals surface area contributed by atoms with E-state index in [1.807, 2.05) is 6.08 Å². The Morgan fingerprint density at radius 3 is 2.50 bits per heavy atom. The highest BCUT2D eigenvalue weighted by molar-refractivity contribution is 5.38. The third-order valence-corrected chi connectivity index (χ3v) is 2.89. The van der Waals surface area contributed by atoms with Crippen molar-refractivity contribution in [1.82, 2.24) is 4.90 Å². The summed E-state index contributed by atoms with van der Waals surface area (Å²) in [5, 5.41) is 0. The molecule has 0 radical (unpaired) electrons. The molecule has 76 valence electrons. The number of hydrogen-bond donors (Lipinski definition) is 0. The molecule has 1 aliphatic heterocycles. The van der Waals surface area contributed by atoms with Crippen molar-refractivity contribution in [2.75, 3.05) is 6.54 Å². The van der Waals surface area contributed by atoms with Gasteiger partial charge in [0.1, 0.15) is 0 Å². The van der Waals surface area contributed by atoms with Crippen LogP contribution in [-0.2, 0) is 0 Å². The van der Waals surface area contributed by atoms with Crippen LogP contribution in [0.15, 0.2) is 23.9 Å². The second-order valence-corrected chi connectivity index (χ2v) is 4.86. The number of rotatable bonds is 1. The molecule has 0 amide bonds. The highest BCUT2D eigenvalue weighted by Crippen LogP contribution is 2.25. The van der Waals surface area contributed by atoms with Gasteiger partial charge in [-0.1, -0.05) is 26.7 Å². The van der Waals surface area contributed by atoms with Crippen LogP contribution in [0.1, 0.15) is 27.7 Å². The predicted molar refractivity (Wildman–Crippen MR) is 61.7 cm³/mol. The lowest BCUT2D eigenvalue weighted by Crippen LogP contribution is -2.39. The Morgan fingerprint density at radius 2 is 2.14 bits per heavy atom. The summed E-state index contributed by atoms with van der Waals surface area (Å²) in [4.78, 5) is 2.32. The van der Waals surface area contributed by atoms with E-state index in [0.717, 1.165) is 12.1 Å². The molecule has 1 aliphatic rings. The SMILES string of the molecule is C#CC1=CCN(C(C)C(C)(C)C)C=C1. The Balaban J connectivity index is 2.66. The largest absolute Gasteiger partial charge is 0.370 e. The van der Waals surface area contributed by atoms with Gasteiger partial charge < -0.3 is 4.90 Å².